The Labute approximate surface area is 236 Å². The molecule has 0 saturated carbocycles. The Morgan fingerprint density at radius 3 is 2.62 bits per heavy atom. The van der Waals surface area contributed by atoms with Gasteiger partial charge in [-0.2, -0.15) is 4.72 Å². The van der Waals surface area contributed by atoms with Crippen molar-refractivity contribution in [1.29, 1.82) is 0 Å². The zero-order chi connectivity index (χ0) is 28.4. The van der Waals surface area contributed by atoms with E-state index in [9.17, 15) is 26.4 Å². The fourth-order valence-electron chi connectivity index (χ4n) is 4.79. The Morgan fingerprint density at radius 2 is 1.95 bits per heavy atom. The van der Waals surface area contributed by atoms with Crippen molar-refractivity contribution < 1.29 is 30.9 Å². The van der Waals surface area contributed by atoms with Gasteiger partial charge in [-0.3, -0.25) is 9.59 Å². The number of piperidine rings is 1. The van der Waals surface area contributed by atoms with Gasteiger partial charge in [0.1, 0.15) is 16.6 Å². The number of aromatic nitrogens is 1. The van der Waals surface area contributed by atoms with Crippen LogP contribution in [-0.4, -0.2) is 81.9 Å². The molecular formula is C23H30ClN5O7S3. The average molecular weight is 620 g/mol. The summed E-state index contributed by atoms with van der Waals surface area (Å²) in [6.45, 7) is 3.61. The van der Waals surface area contributed by atoms with E-state index in [1.54, 1.807) is 17.0 Å². The number of nitrogens with zero attached hydrogens (tertiary/aromatic N) is 3. The minimum atomic E-state index is -3.91. The molecule has 12 nitrogen and oxygen atoms in total. The number of amides is 2. The molecule has 0 unspecified atom stereocenters. The summed E-state index contributed by atoms with van der Waals surface area (Å²) in [5.41, 5.74) is 0.250. The number of halogens is 1. The molecule has 0 radical (unpaired) electrons. The molecule has 4 heterocycles. The van der Waals surface area contributed by atoms with Crippen molar-refractivity contribution in [2.75, 3.05) is 26.2 Å². The molecule has 0 bridgehead atoms. The van der Waals surface area contributed by atoms with Crippen LogP contribution in [0.5, 0.6) is 0 Å². The van der Waals surface area contributed by atoms with E-state index in [0.717, 1.165) is 5.41 Å². The van der Waals surface area contributed by atoms with Gasteiger partial charge in [0, 0.05) is 36.0 Å². The first-order chi connectivity index (χ1) is 18.4. The lowest BCUT2D eigenvalue weighted by molar-refractivity contribution is -0.143. The quantitative estimate of drug-likeness (QED) is 0.408. The zero-order valence-corrected chi connectivity index (χ0v) is 24.6. The maximum Gasteiger partial charge on any atom is 0.246 e. The second-order valence-electron chi connectivity index (χ2n) is 9.45. The smallest absolute Gasteiger partial charge is 0.246 e. The van der Waals surface area contributed by atoms with Crippen LogP contribution in [0.4, 0.5) is 0 Å². The van der Waals surface area contributed by atoms with Gasteiger partial charge in [-0.25, -0.2) is 21.6 Å². The highest BCUT2D eigenvalue weighted by Crippen LogP contribution is 2.24. The summed E-state index contributed by atoms with van der Waals surface area (Å²) in [4.78, 5) is 29.8. The van der Waals surface area contributed by atoms with Gasteiger partial charge < -0.3 is 14.3 Å². The summed E-state index contributed by atoms with van der Waals surface area (Å²) in [7, 11) is -7.79. The standard InChI is InChI=1S/C23H30ClN5O7S3/c1-15-22(16(2)36-26-15)39(34,35)25-13-17-5-3-11-29(17)21(30)14-28-10-4-6-19(23(28)31)27-38(32,33)12-9-18-7-8-20(24)37-18/h7-9,12,17,19,25,27H,3-6,10-11,13-14H2,1-2H3/t17-,19+/m1/s1. The molecule has 2 aliphatic heterocycles. The zero-order valence-electron chi connectivity index (χ0n) is 21.4. The Kier molecular flexibility index (Phi) is 9.18. The number of sulfonamides is 2. The maximum absolute atomic E-state index is 13.2. The second kappa shape index (κ2) is 12.1. The molecule has 39 heavy (non-hydrogen) atoms. The van der Waals surface area contributed by atoms with Gasteiger partial charge in [0.05, 0.1) is 10.9 Å². The topological polar surface area (TPSA) is 159 Å². The van der Waals surface area contributed by atoms with Gasteiger partial charge in [0.15, 0.2) is 5.76 Å². The maximum atomic E-state index is 13.2. The van der Waals surface area contributed by atoms with Crippen LogP contribution in [0.2, 0.25) is 4.34 Å². The largest absolute Gasteiger partial charge is 0.360 e. The van der Waals surface area contributed by atoms with Crippen LogP contribution in [0.25, 0.3) is 6.08 Å². The van der Waals surface area contributed by atoms with Gasteiger partial charge in [0.2, 0.25) is 31.9 Å². The van der Waals surface area contributed by atoms with Crippen molar-refractivity contribution >= 4 is 60.9 Å². The van der Waals surface area contributed by atoms with E-state index in [-0.39, 0.29) is 41.4 Å². The molecule has 214 valence electrons. The molecule has 2 fully saturated rings. The summed E-state index contributed by atoms with van der Waals surface area (Å²) < 4.78 is 61.1. The number of rotatable bonds is 10. The number of hydrogen-bond donors (Lipinski definition) is 2. The van der Waals surface area contributed by atoms with Gasteiger partial charge in [0.25, 0.3) is 0 Å². The number of hydrogen-bond acceptors (Lipinski definition) is 9. The van der Waals surface area contributed by atoms with Crippen molar-refractivity contribution in [2.45, 2.75) is 56.5 Å². The molecule has 2 amide bonds. The molecule has 16 heteroatoms. The Balaban J connectivity index is 1.34. The first-order valence-corrected chi connectivity index (χ1v) is 16.6. The number of thiophene rings is 1. The molecule has 4 rings (SSSR count). The number of carbonyl (C=O) groups excluding carboxylic acids is 2. The molecular weight excluding hydrogens is 590 g/mol. The molecule has 2 N–H and O–H groups in total. The van der Waals surface area contributed by atoms with Gasteiger partial charge in [-0.1, -0.05) is 16.8 Å². The number of carbonyl (C=O) groups is 2. The van der Waals surface area contributed by atoms with E-state index in [1.165, 1.54) is 36.2 Å². The second-order valence-corrected chi connectivity index (χ2v) is 14.5. The van der Waals surface area contributed by atoms with Crippen LogP contribution in [0.15, 0.2) is 27.0 Å². The summed E-state index contributed by atoms with van der Waals surface area (Å²) >= 11 is 7.09. The minimum Gasteiger partial charge on any atom is -0.360 e. The van der Waals surface area contributed by atoms with Crippen molar-refractivity contribution in [3.63, 3.8) is 0 Å². The summed E-state index contributed by atoms with van der Waals surface area (Å²) in [6.07, 6.45) is 3.55. The first-order valence-electron chi connectivity index (χ1n) is 12.3. The lowest BCUT2D eigenvalue weighted by Crippen LogP contribution is -2.55. The van der Waals surface area contributed by atoms with E-state index in [2.05, 4.69) is 14.6 Å². The third-order valence-corrected chi connectivity index (χ3v) is 10.6. The fraction of sp³-hybridized carbons (Fsp3) is 0.522. The summed E-state index contributed by atoms with van der Waals surface area (Å²) in [5, 5.41) is 4.67. The van der Waals surface area contributed by atoms with Crippen LogP contribution in [0.3, 0.4) is 0 Å². The molecule has 0 aromatic carbocycles. The minimum absolute atomic E-state index is 0.0102. The van der Waals surface area contributed by atoms with E-state index in [0.29, 0.717) is 48.0 Å². The predicted molar refractivity (Wildman–Crippen MR) is 146 cm³/mol. The molecule has 2 saturated heterocycles. The lowest BCUT2D eigenvalue weighted by atomic mass is 10.1. The van der Waals surface area contributed by atoms with E-state index >= 15 is 0 Å². The number of aryl methyl sites for hydroxylation is 2. The predicted octanol–water partition coefficient (Wildman–Crippen LogP) is 1.86. The van der Waals surface area contributed by atoms with Gasteiger partial charge in [-0.05, 0) is 57.7 Å². The van der Waals surface area contributed by atoms with E-state index < -0.39 is 32.0 Å². The molecule has 2 aromatic heterocycles. The number of likely N-dealkylation sites (tertiary alicyclic amines) is 2. The third-order valence-electron chi connectivity index (χ3n) is 6.61. The first kappa shape index (κ1) is 29.7. The Hall–Kier alpha value is -2.30. The number of nitrogens with one attached hydrogen (secondary N) is 2. The molecule has 2 aliphatic rings. The molecule has 2 aromatic rings. The third kappa shape index (κ3) is 7.27. The Bertz CT molecular complexity index is 1450. The van der Waals surface area contributed by atoms with Crippen molar-refractivity contribution in [1.82, 2.24) is 24.4 Å². The fourth-order valence-corrected chi connectivity index (χ4v) is 8.25. The summed E-state index contributed by atoms with van der Waals surface area (Å²) in [5.74, 6) is -0.611. The van der Waals surface area contributed by atoms with Crippen LogP contribution < -0.4 is 9.44 Å². The van der Waals surface area contributed by atoms with Gasteiger partial charge >= 0.3 is 0 Å². The van der Waals surface area contributed by atoms with Gasteiger partial charge in [-0.15, -0.1) is 11.3 Å². The SMILES string of the molecule is Cc1noc(C)c1S(=O)(=O)NC[C@H]1CCCN1C(=O)CN1CCC[C@H](NS(=O)(=O)C=Cc2ccc(Cl)s2)C1=O. The average Bonchev–Trinajstić information content (AvgIpc) is 3.59. The van der Waals surface area contributed by atoms with Crippen LogP contribution in [-0.2, 0) is 29.6 Å². The molecule has 2 atom stereocenters. The summed E-state index contributed by atoms with van der Waals surface area (Å²) in [6, 6.07) is 1.98. The van der Waals surface area contributed by atoms with E-state index in [1.807, 2.05) is 0 Å². The van der Waals surface area contributed by atoms with Crippen LogP contribution >= 0.6 is 22.9 Å². The lowest BCUT2D eigenvalue weighted by Gasteiger charge is -2.34. The van der Waals surface area contributed by atoms with Crippen molar-refractivity contribution in [3.05, 3.63) is 38.2 Å². The molecule has 0 aliphatic carbocycles. The van der Waals surface area contributed by atoms with Crippen LogP contribution in [0.1, 0.15) is 42.0 Å². The van der Waals surface area contributed by atoms with Crippen LogP contribution in [0, 0.1) is 13.8 Å². The highest BCUT2D eigenvalue weighted by atomic mass is 35.5. The normalized spacial score (nSPS) is 20.8. The highest BCUT2D eigenvalue weighted by Gasteiger charge is 2.36. The Morgan fingerprint density at radius 1 is 1.21 bits per heavy atom. The highest BCUT2D eigenvalue weighted by molar-refractivity contribution is 7.92. The van der Waals surface area contributed by atoms with E-state index in [4.69, 9.17) is 16.1 Å². The van der Waals surface area contributed by atoms with Crippen molar-refractivity contribution in [3.8, 4) is 0 Å². The molecule has 0 spiro atoms. The monoisotopic (exact) mass is 619 g/mol. The van der Waals surface area contributed by atoms with Crippen molar-refractivity contribution in [2.24, 2.45) is 0 Å².